The second-order valence-corrected chi connectivity index (χ2v) is 4.51. The van der Waals surface area contributed by atoms with E-state index < -0.39 is 17.5 Å². The minimum atomic E-state index is -1.20. The number of carboxylic acids is 1. The molecule has 1 atom stereocenters. The third kappa shape index (κ3) is 6.27. The van der Waals surface area contributed by atoms with Crippen molar-refractivity contribution in [3.63, 3.8) is 0 Å². The average molecular weight is 256 g/mol. The Hall–Kier alpha value is -1.52. The molecule has 0 rings (SSSR count). The van der Waals surface area contributed by atoms with Gasteiger partial charge < -0.3 is 15.7 Å². The van der Waals surface area contributed by atoms with E-state index in [4.69, 9.17) is 5.11 Å². The van der Waals surface area contributed by atoms with Crippen molar-refractivity contribution in [1.82, 2.24) is 10.6 Å². The number of nitrogens with one attached hydrogen (secondary N) is 2. The van der Waals surface area contributed by atoms with Gasteiger partial charge in [-0.25, -0.2) is 9.59 Å². The molecule has 104 valence electrons. The summed E-state index contributed by atoms with van der Waals surface area (Å²) in [6.07, 6.45) is 6.18. The van der Waals surface area contributed by atoms with E-state index >= 15 is 0 Å². The van der Waals surface area contributed by atoms with E-state index in [1.54, 1.807) is 6.92 Å². The topological polar surface area (TPSA) is 78.4 Å². The summed E-state index contributed by atoms with van der Waals surface area (Å²) in [7, 11) is 0. The van der Waals surface area contributed by atoms with E-state index in [1.165, 1.54) is 6.92 Å². The SMILES string of the molecule is C=CCCCCCNC(=O)NC(C)(CC)C(=O)O. The molecule has 0 radical (unpaired) electrons. The molecule has 0 aliphatic heterocycles. The molecule has 5 nitrogen and oxygen atoms in total. The highest BCUT2D eigenvalue weighted by Gasteiger charge is 2.32. The van der Waals surface area contributed by atoms with Gasteiger partial charge in [0.25, 0.3) is 0 Å². The number of allylic oxidation sites excluding steroid dienone is 1. The number of hydrogen-bond acceptors (Lipinski definition) is 2. The van der Waals surface area contributed by atoms with Crippen LogP contribution in [0.15, 0.2) is 12.7 Å². The highest BCUT2D eigenvalue weighted by molar-refractivity contribution is 5.85. The van der Waals surface area contributed by atoms with Crippen LogP contribution in [0.5, 0.6) is 0 Å². The molecule has 0 spiro atoms. The smallest absolute Gasteiger partial charge is 0.329 e. The molecule has 2 amide bonds. The number of unbranched alkanes of at least 4 members (excludes halogenated alkanes) is 3. The first-order chi connectivity index (χ1) is 8.46. The molecule has 0 fully saturated rings. The standard InChI is InChI=1S/C13H24N2O3/c1-4-6-7-8-9-10-14-12(18)15-13(3,5-2)11(16)17/h4H,1,5-10H2,2-3H3,(H,16,17)(H2,14,15,18). The zero-order valence-corrected chi connectivity index (χ0v) is 11.3. The van der Waals surface area contributed by atoms with Crippen molar-refractivity contribution in [3.05, 3.63) is 12.7 Å². The van der Waals surface area contributed by atoms with E-state index in [0.717, 1.165) is 25.7 Å². The van der Waals surface area contributed by atoms with Crippen LogP contribution < -0.4 is 10.6 Å². The van der Waals surface area contributed by atoms with E-state index in [2.05, 4.69) is 17.2 Å². The van der Waals surface area contributed by atoms with Crippen molar-refractivity contribution < 1.29 is 14.7 Å². The van der Waals surface area contributed by atoms with Gasteiger partial charge in [0.2, 0.25) is 0 Å². The Morgan fingerprint density at radius 3 is 2.50 bits per heavy atom. The predicted molar refractivity (Wildman–Crippen MR) is 71.5 cm³/mol. The maximum atomic E-state index is 11.5. The summed E-state index contributed by atoms with van der Waals surface area (Å²) in [6, 6.07) is -0.425. The quantitative estimate of drug-likeness (QED) is 0.437. The van der Waals surface area contributed by atoms with E-state index in [1.807, 2.05) is 6.08 Å². The van der Waals surface area contributed by atoms with Crippen molar-refractivity contribution in [2.24, 2.45) is 0 Å². The van der Waals surface area contributed by atoms with Crippen LogP contribution >= 0.6 is 0 Å². The molecule has 0 aromatic rings. The minimum absolute atomic E-state index is 0.342. The van der Waals surface area contributed by atoms with Crippen LogP contribution in [0.2, 0.25) is 0 Å². The molecule has 0 aromatic heterocycles. The normalized spacial score (nSPS) is 13.4. The van der Waals surface area contributed by atoms with Crippen molar-refractivity contribution in [3.8, 4) is 0 Å². The van der Waals surface area contributed by atoms with Crippen LogP contribution in [0.1, 0.15) is 46.0 Å². The highest BCUT2D eigenvalue weighted by Crippen LogP contribution is 2.08. The fourth-order valence-corrected chi connectivity index (χ4v) is 1.38. The van der Waals surface area contributed by atoms with Crippen molar-refractivity contribution >= 4 is 12.0 Å². The molecular weight excluding hydrogens is 232 g/mol. The number of carboxylic acid groups (broad SMARTS) is 1. The van der Waals surface area contributed by atoms with Gasteiger partial charge in [0.15, 0.2) is 0 Å². The molecule has 18 heavy (non-hydrogen) atoms. The number of aliphatic carboxylic acids is 1. The first-order valence-electron chi connectivity index (χ1n) is 6.36. The Kier molecular flexibility index (Phi) is 7.83. The van der Waals surface area contributed by atoms with Crippen LogP contribution in [0.4, 0.5) is 4.79 Å². The summed E-state index contributed by atoms with van der Waals surface area (Å²) in [5, 5.41) is 14.1. The number of urea groups is 1. The largest absolute Gasteiger partial charge is 0.480 e. The average Bonchev–Trinajstić information content (AvgIpc) is 2.33. The Morgan fingerprint density at radius 2 is 2.00 bits per heavy atom. The van der Waals surface area contributed by atoms with Crippen LogP contribution in [0, 0.1) is 0 Å². The third-order valence-electron chi connectivity index (χ3n) is 2.94. The van der Waals surface area contributed by atoms with Crippen molar-refractivity contribution in [2.75, 3.05) is 6.54 Å². The Morgan fingerprint density at radius 1 is 1.33 bits per heavy atom. The summed E-state index contributed by atoms with van der Waals surface area (Å²) in [6.45, 7) is 7.42. The lowest BCUT2D eigenvalue weighted by atomic mass is 10.00. The monoisotopic (exact) mass is 256 g/mol. The molecule has 0 aromatic carbocycles. The predicted octanol–water partition coefficient (Wildman–Crippen LogP) is 2.29. The van der Waals surface area contributed by atoms with Crippen LogP contribution in [-0.4, -0.2) is 29.2 Å². The molecule has 0 heterocycles. The van der Waals surface area contributed by atoms with Gasteiger partial charge >= 0.3 is 12.0 Å². The lowest BCUT2D eigenvalue weighted by Crippen LogP contribution is -2.54. The van der Waals surface area contributed by atoms with Crippen LogP contribution in [-0.2, 0) is 4.79 Å². The summed E-state index contributed by atoms with van der Waals surface area (Å²) >= 11 is 0. The van der Waals surface area contributed by atoms with Gasteiger partial charge in [0.1, 0.15) is 5.54 Å². The summed E-state index contributed by atoms with van der Waals surface area (Å²) < 4.78 is 0. The van der Waals surface area contributed by atoms with Crippen LogP contribution in [0.3, 0.4) is 0 Å². The first kappa shape index (κ1) is 16.5. The van der Waals surface area contributed by atoms with Gasteiger partial charge in [0.05, 0.1) is 0 Å². The van der Waals surface area contributed by atoms with E-state index in [0.29, 0.717) is 13.0 Å². The maximum absolute atomic E-state index is 11.5. The molecule has 0 bridgehead atoms. The number of carbonyl (C=O) groups is 2. The number of amides is 2. The second kappa shape index (κ2) is 8.55. The number of carbonyl (C=O) groups excluding carboxylic acids is 1. The molecule has 1 unspecified atom stereocenters. The van der Waals surface area contributed by atoms with Gasteiger partial charge in [-0.1, -0.05) is 19.4 Å². The zero-order chi connectivity index (χ0) is 14.0. The first-order valence-corrected chi connectivity index (χ1v) is 6.36. The lowest BCUT2D eigenvalue weighted by Gasteiger charge is -2.24. The van der Waals surface area contributed by atoms with Gasteiger partial charge in [-0.3, -0.25) is 0 Å². The lowest BCUT2D eigenvalue weighted by molar-refractivity contribution is -0.143. The van der Waals surface area contributed by atoms with E-state index in [-0.39, 0.29) is 0 Å². The fraction of sp³-hybridized carbons (Fsp3) is 0.692. The van der Waals surface area contributed by atoms with Gasteiger partial charge in [-0.15, -0.1) is 6.58 Å². The third-order valence-corrected chi connectivity index (χ3v) is 2.94. The Bertz CT molecular complexity index is 292. The molecular formula is C13H24N2O3. The van der Waals surface area contributed by atoms with Crippen LogP contribution in [0.25, 0.3) is 0 Å². The number of hydrogen-bond donors (Lipinski definition) is 3. The Balaban J connectivity index is 3.83. The molecule has 0 saturated heterocycles. The summed E-state index contributed by atoms with van der Waals surface area (Å²) in [5.41, 5.74) is -1.20. The van der Waals surface area contributed by atoms with Crippen molar-refractivity contribution in [1.29, 1.82) is 0 Å². The zero-order valence-electron chi connectivity index (χ0n) is 11.3. The minimum Gasteiger partial charge on any atom is -0.480 e. The van der Waals surface area contributed by atoms with Gasteiger partial charge in [-0.05, 0) is 32.6 Å². The molecule has 3 N–H and O–H groups in total. The van der Waals surface area contributed by atoms with Crippen molar-refractivity contribution in [2.45, 2.75) is 51.5 Å². The molecule has 5 heteroatoms. The second-order valence-electron chi connectivity index (χ2n) is 4.51. The highest BCUT2D eigenvalue weighted by atomic mass is 16.4. The molecule has 0 aliphatic carbocycles. The van der Waals surface area contributed by atoms with E-state index in [9.17, 15) is 9.59 Å². The summed E-state index contributed by atoms with van der Waals surface area (Å²) in [4.78, 5) is 22.5. The fourth-order valence-electron chi connectivity index (χ4n) is 1.38. The van der Waals surface area contributed by atoms with Gasteiger partial charge in [-0.2, -0.15) is 0 Å². The molecule has 0 saturated carbocycles. The molecule has 0 aliphatic rings. The number of rotatable bonds is 9. The maximum Gasteiger partial charge on any atom is 0.329 e. The summed E-state index contributed by atoms with van der Waals surface area (Å²) in [5.74, 6) is -1.02. The Labute approximate surface area is 109 Å². The van der Waals surface area contributed by atoms with Gasteiger partial charge in [0, 0.05) is 6.54 Å².